The Labute approximate surface area is 97.6 Å². The van der Waals surface area contributed by atoms with Crippen molar-refractivity contribution in [2.45, 2.75) is 52.9 Å². The molecule has 0 aromatic carbocycles. The first kappa shape index (κ1) is 16.1. The summed E-state index contributed by atoms with van der Waals surface area (Å²) in [5.41, 5.74) is 0. The molecule has 98 valence electrons. The van der Waals surface area contributed by atoms with Gasteiger partial charge in [-0.05, 0) is 34.6 Å². The van der Waals surface area contributed by atoms with Crippen molar-refractivity contribution in [2.75, 3.05) is 13.0 Å². The maximum atomic E-state index is 12.2. The molecule has 0 aromatic heterocycles. The van der Waals surface area contributed by atoms with E-state index in [1.165, 1.54) is 0 Å². The summed E-state index contributed by atoms with van der Waals surface area (Å²) in [7, 11) is -3.23. The molecule has 0 spiro atoms. The predicted octanol–water partition coefficient (Wildman–Crippen LogP) is 2.38. The Bertz CT molecular complexity index is 215. The Morgan fingerprint density at radius 1 is 1.06 bits per heavy atom. The fraction of sp³-hybridized carbons (Fsp3) is 1.00. The quantitative estimate of drug-likeness (QED) is 0.674. The van der Waals surface area contributed by atoms with Crippen LogP contribution in [-0.4, -0.2) is 36.4 Å². The fourth-order valence-electron chi connectivity index (χ4n) is 0.999. The van der Waals surface area contributed by atoms with Gasteiger partial charge in [0, 0.05) is 0 Å². The van der Waals surface area contributed by atoms with Gasteiger partial charge in [0.2, 0.25) is 0 Å². The van der Waals surface area contributed by atoms with Crippen molar-refractivity contribution >= 4 is 7.60 Å². The topological polar surface area (TPSA) is 65.0 Å². The molecule has 0 saturated carbocycles. The van der Waals surface area contributed by atoms with Gasteiger partial charge in [0.25, 0.3) is 0 Å². The summed E-state index contributed by atoms with van der Waals surface area (Å²) in [5, 5.41) is 8.80. The monoisotopic (exact) mass is 254 g/mol. The minimum absolute atomic E-state index is 0.122. The molecule has 0 aliphatic carbocycles. The third-order valence-electron chi connectivity index (χ3n) is 1.52. The summed E-state index contributed by atoms with van der Waals surface area (Å²) in [4.78, 5) is 0. The maximum Gasteiger partial charge on any atom is 0.356 e. The van der Waals surface area contributed by atoms with Gasteiger partial charge in [-0.25, -0.2) is 0 Å². The summed E-state index contributed by atoms with van der Waals surface area (Å²) in [6.07, 6.45) is -0.902. The molecule has 0 bridgehead atoms. The van der Waals surface area contributed by atoms with Crippen molar-refractivity contribution in [3.8, 4) is 0 Å². The van der Waals surface area contributed by atoms with Crippen LogP contribution >= 0.6 is 7.60 Å². The summed E-state index contributed by atoms with van der Waals surface area (Å²) in [5.74, 6) is 0. The summed E-state index contributed by atoms with van der Waals surface area (Å²) in [6, 6.07) is 0. The molecule has 16 heavy (non-hydrogen) atoms. The van der Waals surface area contributed by atoms with Crippen molar-refractivity contribution in [3.63, 3.8) is 0 Å². The van der Waals surface area contributed by atoms with Gasteiger partial charge in [-0.3, -0.25) is 4.57 Å². The van der Waals surface area contributed by atoms with E-state index in [1.807, 2.05) is 0 Å². The lowest BCUT2D eigenvalue weighted by molar-refractivity contribution is 0.0305. The highest BCUT2D eigenvalue weighted by Crippen LogP contribution is 2.50. The number of ether oxygens (including phenoxy) is 1. The first-order valence-electron chi connectivity index (χ1n) is 5.47. The Morgan fingerprint density at radius 2 is 1.50 bits per heavy atom. The Kier molecular flexibility index (Phi) is 7.44. The first-order valence-corrected chi connectivity index (χ1v) is 7.20. The van der Waals surface area contributed by atoms with Gasteiger partial charge in [-0.15, -0.1) is 0 Å². The zero-order valence-corrected chi connectivity index (χ0v) is 11.6. The average molecular weight is 254 g/mol. The highest BCUT2D eigenvalue weighted by molar-refractivity contribution is 7.53. The molecule has 1 atom stereocenters. The van der Waals surface area contributed by atoms with Crippen molar-refractivity contribution in [1.29, 1.82) is 0 Å². The maximum absolute atomic E-state index is 12.2. The molecule has 0 rings (SSSR count). The van der Waals surface area contributed by atoms with Gasteiger partial charge < -0.3 is 18.9 Å². The molecule has 5 nitrogen and oxygen atoms in total. The predicted molar refractivity (Wildman–Crippen MR) is 62.5 cm³/mol. The van der Waals surface area contributed by atoms with E-state index in [1.54, 1.807) is 34.6 Å². The molecule has 0 unspecified atom stereocenters. The van der Waals surface area contributed by atoms with E-state index in [0.29, 0.717) is 0 Å². The molecule has 0 saturated heterocycles. The van der Waals surface area contributed by atoms with E-state index >= 15 is 0 Å². The van der Waals surface area contributed by atoms with Gasteiger partial charge in [0.05, 0.1) is 24.9 Å². The largest absolute Gasteiger partial charge is 0.394 e. The number of aliphatic hydroxyl groups excluding tert-OH is 1. The van der Waals surface area contributed by atoms with Crippen LogP contribution in [-0.2, 0) is 18.3 Å². The highest BCUT2D eigenvalue weighted by atomic mass is 31.2. The van der Waals surface area contributed by atoms with Gasteiger partial charge in [0.15, 0.2) is 0 Å². The second-order valence-corrected chi connectivity index (χ2v) is 6.11. The van der Waals surface area contributed by atoms with Crippen LogP contribution in [0.25, 0.3) is 0 Å². The molecule has 0 heterocycles. The molecule has 0 aliphatic heterocycles. The van der Waals surface area contributed by atoms with Crippen LogP contribution in [0.5, 0.6) is 0 Å². The van der Waals surface area contributed by atoms with Crippen LogP contribution in [0.4, 0.5) is 0 Å². The van der Waals surface area contributed by atoms with E-state index in [0.717, 1.165) is 0 Å². The van der Waals surface area contributed by atoms with E-state index in [-0.39, 0.29) is 31.3 Å². The van der Waals surface area contributed by atoms with Crippen LogP contribution in [0.1, 0.15) is 34.6 Å². The van der Waals surface area contributed by atoms with E-state index in [9.17, 15) is 4.57 Å². The normalized spacial score (nSPS) is 14.8. The number of rotatable bonds is 8. The number of hydrogen-bond acceptors (Lipinski definition) is 5. The van der Waals surface area contributed by atoms with Crippen LogP contribution in [0, 0.1) is 0 Å². The molecular weight excluding hydrogens is 231 g/mol. The van der Waals surface area contributed by atoms with E-state index in [4.69, 9.17) is 18.9 Å². The molecule has 0 radical (unpaired) electrons. The summed E-state index contributed by atoms with van der Waals surface area (Å²) >= 11 is 0. The average Bonchev–Trinajstić information content (AvgIpc) is 2.11. The van der Waals surface area contributed by atoms with Crippen LogP contribution in [0.3, 0.4) is 0 Å². The Hall–Kier alpha value is 0.0700. The zero-order chi connectivity index (χ0) is 12.8. The highest BCUT2D eigenvalue weighted by Gasteiger charge is 2.28. The second-order valence-electron chi connectivity index (χ2n) is 4.21. The van der Waals surface area contributed by atoms with Crippen molar-refractivity contribution in [3.05, 3.63) is 0 Å². The minimum atomic E-state index is -3.23. The fourth-order valence-corrected chi connectivity index (χ4v) is 2.89. The molecular formula is C10H23O5P. The summed E-state index contributed by atoms with van der Waals surface area (Å²) < 4.78 is 27.9. The molecule has 0 aliphatic rings. The van der Waals surface area contributed by atoms with Crippen molar-refractivity contribution < 1.29 is 23.5 Å². The Morgan fingerprint density at radius 3 is 1.81 bits per heavy atom. The smallest absolute Gasteiger partial charge is 0.356 e. The summed E-state index contributed by atoms with van der Waals surface area (Å²) in [6.45, 7) is 8.70. The lowest BCUT2D eigenvalue weighted by atomic mass is 10.4. The molecule has 1 N–H and O–H groups in total. The standard InChI is InChI=1S/C10H23O5P/c1-8(2)14-16(12,15-9(3)4)7-13-10(5)6-11/h8-11H,6-7H2,1-5H3/t10-/m0/s1. The minimum Gasteiger partial charge on any atom is -0.394 e. The third kappa shape index (κ3) is 7.36. The van der Waals surface area contributed by atoms with Crippen LogP contribution in [0.2, 0.25) is 0 Å². The molecule has 0 aromatic rings. The number of aliphatic hydroxyl groups is 1. The molecule has 0 amide bonds. The van der Waals surface area contributed by atoms with E-state index < -0.39 is 7.60 Å². The first-order chi connectivity index (χ1) is 7.29. The Balaban J connectivity index is 4.36. The lowest BCUT2D eigenvalue weighted by Crippen LogP contribution is -2.17. The molecule has 6 heteroatoms. The van der Waals surface area contributed by atoms with Crippen molar-refractivity contribution in [1.82, 2.24) is 0 Å². The lowest BCUT2D eigenvalue weighted by Gasteiger charge is -2.23. The van der Waals surface area contributed by atoms with Gasteiger partial charge in [0.1, 0.15) is 6.35 Å². The van der Waals surface area contributed by atoms with Crippen LogP contribution in [0.15, 0.2) is 0 Å². The van der Waals surface area contributed by atoms with Gasteiger partial charge in [-0.1, -0.05) is 0 Å². The molecule has 0 fully saturated rings. The third-order valence-corrected chi connectivity index (χ3v) is 3.47. The van der Waals surface area contributed by atoms with E-state index in [2.05, 4.69) is 0 Å². The van der Waals surface area contributed by atoms with Crippen LogP contribution < -0.4 is 0 Å². The van der Waals surface area contributed by atoms with Crippen molar-refractivity contribution in [2.24, 2.45) is 0 Å². The zero-order valence-electron chi connectivity index (χ0n) is 10.7. The second kappa shape index (κ2) is 7.41. The SMILES string of the molecule is CC(C)OP(=O)(CO[C@@H](C)CO)OC(C)C. The van der Waals surface area contributed by atoms with Gasteiger partial charge in [-0.2, -0.15) is 0 Å². The van der Waals surface area contributed by atoms with Gasteiger partial charge >= 0.3 is 7.60 Å². The number of hydrogen-bond donors (Lipinski definition) is 1.